The lowest BCUT2D eigenvalue weighted by atomic mass is 10.4. The van der Waals surface area contributed by atoms with Crippen LogP contribution in [-0.2, 0) is 28.7 Å². The van der Waals surface area contributed by atoms with Gasteiger partial charge in [-0.2, -0.15) is 8.42 Å². The van der Waals surface area contributed by atoms with Crippen LogP contribution in [0, 0.1) is 0 Å². The highest BCUT2D eigenvalue weighted by Gasteiger charge is 2.34. The first-order valence-corrected chi connectivity index (χ1v) is 7.64. The smallest absolute Gasteiger partial charge is 0.289 e. The van der Waals surface area contributed by atoms with Crippen LogP contribution in [0.25, 0.3) is 0 Å². The van der Waals surface area contributed by atoms with Crippen LogP contribution in [0.2, 0.25) is 0 Å². The lowest BCUT2D eigenvalue weighted by molar-refractivity contribution is -0.163. The first-order valence-electron chi connectivity index (χ1n) is 6.06. The van der Waals surface area contributed by atoms with E-state index in [1.54, 1.807) is 0 Å². The molecule has 0 unspecified atom stereocenters. The van der Waals surface area contributed by atoms with Crippen LogP contribution in [0.15, 0.2) is 0 Å². The fourth-order valence-electron chi connectivity index (χ4n) is 1.86. The third kappa shape index (κ3) is 3.96. The van der Waals surface area contributed by atoms with E-state index in [1.165, 1.54) is 0 Å². The highest BCUT2D eigenvalue weighted by molar-refractivity contribution is 7.86. The fourth-order valence-corrected chi connectivity index (χ4v) is 2.81. The Balaban J connectivity index is 1.84. The van der Waals surface area contributed by atoms with Crippen molar-refractivity contribution in [1.82, 2.24) is 9.96 Å². The van der Waals surface area contributed by atoms with Gasteiger partial charge in [0.1, 0.15) is 0 Å². The standard InChI is InChI=1S/C10H16N2O6S/c13-9-1-2-10(14)12(9)18-19(15,16)8-5-11-3-6-17-7-4-11/h1-8H2. The van der Waals surface area contributed by atoms with E-state index >= 15 is 0 Å². The first-order chi connectivity index (χ1) is 8.98. The van der Waals surface area contributed by atoms with Crippen molar-refractivity contribution < 1.29 is 27.0 Å². The Morgan fingerprint density at radius 1 is 1.11 bits per heavy atom. The maximum absolute atomic E-state index is 11.7. The monoisotopic (exact) mass is 292 g/mol. The molecule has 8 nitrogen and oxygen atoms in total. The lowest BCUT2D eigenvalue weighted by Gasteiger charge is -2.26. The van der Waals surface area contributed by atoms with Crippen LogP contribution in [-0.4, -0.2) is 68.8 Å². The molecule has 2 aliphatic heterocycles. The van der Waals surface area contributed by atoms with Crippen molar-refractivity contribution >= 4 is 21.9 Å². The maximum Gasteiger partial charge on any atom is 0.289 e. The quantitative estimate of drug-likeness (QED) is 0.583. The van der Waals surface area contributed by atoms with Crippen molar-refractivity contribution in [1.29, 1.82) is 0 Å². The van der Waals surface area contributed by atoms with Crippen molar-refractivity contribution in [3.05, 3.63) is 0 Å². The third-order valence-corrected chi connectivity index (χ3v) is 4.01. The minimum atomic E-state index is -3.93. The number of ether oxygens (including phenoxy) is 1. The van der Waals surface area contributed by atoms with Crippen molar-refractivity contribution in [3.8, 4) is 0 Å². The summed E-state index contributed by atoms with van der Waals surface area (Å²) < 4.78 is 33.1. The Kier molecular flexibility index (Phi) is 4.50. The summed E-state index contributed by atoms with van der Waals surface area (Å²) in [6.45, 7) is 2.77. The van der Waals surface area contributed by atoms with Gasteiger partial charge < -0.3 is 4.74 Å². The predicted octanol–water partition coefficient (Wildman–Crippen LogP) is -1.27. The zero-order chi connectivity index (χ0) is 13.9. The van der Waals surface area contributed by atoms with E-state index in [9.17, 15) is 18.0 Å². The molecule has 0 aromatic heterocycles. The first kappa shape index (κ1) is 14.4. The Morgan fingerprint density at radius 3 is 2.26 bits per heavy atom. The maximum atomic E-state index is 11.7. The number of amides is 2. The molecular formula is C10H16N2O6S. The summed E-state index contributed by atoms with van der Waals surface area (Å²) in [5.41, 5.74) is 0. The Bertz CT molecular complexity index is 441. The van der Waals surface area contributed by atoms with Gasteiger partial charge in [0, 0.05) is 32.5 Å². The van der Waals surface area contributed by atoms with Gasteiger partial charge in [0.15, 0.2) is 0 Å². The van der Waals surface area contributed by atoms with Crippen molar-refractivity contribution in [2.75, 3.05) is 38.6 Å². The second-order valence-electron chi connectivity index (χ2n) is 4.37. The van der Waals surface area contributed by atoms with E-state index in [1.807, 2.05) is 4.90 Å². The van der Waals surface area contributed by atoms with Crippen LogP contribution in [0.1, 0.15) is 12.8 Å². The van der Waals surface area contributed by atoms with Gasteiger partial charge in [0.05, 0.1) is 19.0 Å². The zero-order valence-corrected chi connectivity index (χ0v) is 11.2. The van der Waals surface area contributed by atoms with Gasteiger partial charge in [-0.15, -0.1) is 9.35 Å². The number of carbonyl (C=O) groups excluding carboxylic acids is 2. The molecule has 0 aromatic carbocycles. The van der Waals surface area contributed by atoms with Gasteiger partial charge in [0.25, 0.3) is 21.9 Å². The molecule has 2 amide bonds. The molecule has 2 fully saturated rings. The Labute approximate surface area is 111 Å². The molecule has 0 N–H and O–H groups in total. The summed E-state index contributed by atoms with van der Waals surface area (Å²) in [7, 11) is -3.93. The number of nitrogens with zero attached hydrogens (tertiary/aromatic N) is 2. The predicted molar refractivity (Wildman–Crippen MR) is 63.2 cm³/mol. The highest BCUT2D eigenvalue weighted by atomic mass is 32.2. The Hall–Kier alpha value is -1.03. The molecule has 2 aliphatic rings. The van der Waals surface area contributed by atoms with Gasteiger partial charge in [-0.3, -0.25) is 14.5 Å². The highest BCUT2D eigenvalue weighted by Crippen LogP contribution is 2.14. The van der Waals surface area contributed by atoms with Gasteiger partial charge in [0.2, 0.25) is 0 Å². The summed E-state index contributed by atoms with van der Waals surface area (Å²) >= 11 is 0. The molecule has 0 radical (unpaired) electrons. The zero-order valence-electron chi connectivity index (χ0n) is 10.4. The molecule has 0 saturated carbocycles. The van der Waals surface area contributed by atoms with E-state index in [0.717, 1.165) is 0 Å². The average Bonchev–Trinajstić information content (AvgIpc) is 2.69. The van der Waals surface area contributed by atoms with Crippen LogP contribution in [0.4, 0.5) is 0 Å². The van der Waals surface area contributed by atoms with E-state index in [-0.39, 0.29) is 18.6 Å². The van der Waals surface area contributed by atoms with E-state index in [0.29, 0.717) is 37.9 Å². The summed E-state index contributed by atoms with van der Waals surface area (Å²) in [6, 6.07) is 0. The normalized spacial score (nSPS) is 22.2. The van der Waals surface area contributed by atoms with Crippen LogP contribution in [0.3, 0.4) is 0 Å². The van der Waals surface area contributed by atoms with Crippen LogP contribution in [0.5, 0.6) is 0 Å². The molecule has 0 atom stereocenters. The largest absolute Gasteiger partial charge is 0.379 e. The van der Waals surface area contributed by atoms with Gasteiger partial charge in [-0.25, -0.2) is 0 Å². The lowest BCUT2D eigenvalue weighted by Crippen LogP contribution is -2.40. The number of rotatable bonds is 5. The SMILES string of the molecule is O=C1CCC(=O)N1OS(=O)(=O)CCN1CCOCC1. The van der Waals surface area contributed by atoms with Crippen LogP contribution >= 0.6 is 0 Å². The fraction of sp³-hybridized carbons (Fsp3) is 0.800. The number of hydrogen-bond donors (Lipinski definition) is 0. The second-order valence-corrected chi connectivity index (χ2v) is 6.04. The molecule has 0 aliphatic carbocycles. The van der Waals surface area contributed by atoms with Crippen LogP contribution < -0.4 is 0 Å². The molecule has 2 heterocycles. The Morgan fingerprint density at radius 2 is 1.68 bits per heavy atom. The topological polar surface area (TPSA) is 93.2 Å². The summed E-state index contributed by atoms with van der Waals surface area (Å²) in [6.07, 6.45) is -0.00433. The van der Waals surface area contributed by atoms with Gasteiger partial charge in [-0.1, -0.05) is 0 Å². The molecular weight excluding hydrogens is 276 g/mol. The van der Waals surface area contributed by atoms with Crippen molar-refractivity contribution in [2.24, 2.45) is 0 Å². The van der Waals surface area contributed by atoms with Gasteiger partial charge in [-0.05, 0) is 0 Å². The number of imide groups is 1. The number of hydroxylamine groups is 2. The van der Waals surface area contributed by atoms with Crippen molar-refractivity contribution in [2.45, 2.75) is 12.8 Å². The second kappa shape index (κ2) is 5.95. The minimum Gasteiger partial charge on any atom is -0.379 e. The molecule has 2 saturated heterocycles. The number of morpholine rings is 1. The van der Waals surface area contributed by atoms with Crippen molar-refractivity contribution in [3.63, 3.8) is 0 Å². The number of carbonyl (C=O) groups is 2. The molecule has 0 bridgehead atoms. The molecule has 0 spiro atoms. The summed E-state index contributed by atoms with van der Waals surface area (Å²) in [5.74, 6) is -1.48. The molecule has 2 rings (SSSR count). The minimum absolute atomic E-state index is 0.00217. The molecule has 19 heavy (non-hydrogen) atoms. The van der Waals surface area contributed by atoms with E-state index in [2.05, 4.69) is 4.28 Å². The molecule has 108 valence electrons. The van der Waals surface area contributed by atoms with E-state index < -0.39 is 21.9 Å². The third-order valence-electron chi connectivity index (χ3n) is 2.96. The summed E-state index contributed by atoms with van der Waals surface area (Å²) in [5, 5.41) is 0.356. The average molecular weight is 292 g/mol. The number of hydrogen-bond acceptors (Lipinski definition) is 7. The van der Waals surface area contributed by atoms with E-state index in [4.69, 9.17) is 4.74 Å². The summed E-state index contributed by atoms with van der Waals surface area (Å²) in [4.78, 5) is 24.4. The molecule has 9 heteroatoms. The van der Waals surface area contributed by atoms with Gasteiger partial charge >= 0.3 is 0 Å². The molecule has 0 aromatic rings.